The first-order valence-corrected chi connectivity index (χ1v) is 7.88. The Morgan fingerprint density at radius 1 is 1.04 bits per heavy atom. The van der Waals surface area contributed by atoms with Crippen LogP contribution in [0.2, 0.25) is 0 Å². The summed E-state index contributed by atoms with van der Waals surface area (Å²) in [5.41, 5.74) is 1.65. The molecule has 0 aliphatic rings. The third-order valence-electron chi connectivity index (χ3n) is 4.18. The molecule has 1 rings (SSSR count). The number of amides is 2. The molecule has 5 heteroatoms. The predicted molar refractivity (Wildman–Crippen MR) is 93.6 cm³/mol. The molecule has 0 atom stereocenters. The molecular weight excluding hydrogens is 290 g/mol. The summed E-state index contributed by atoms with van der Waals surface area (Å²) in [7, 11) is 7.47. The third kappa shape index (κ3) is 6.02. The number of hydrogen-bond acceptors (Lipinski definition) is 3. The highest BCUT2D eigenvalue weighted by Gasteiger charge is 2.20. The van der Waals surface area contributed by atoms with Gasteiger partial charge in [-0.05, 0) is 52.1 Å². The maximum atomic E-state index is 12.0. The van der Waals surface area contributed by atoms with E-state index in [2.05, 4.69) is 24.1 Å². The van der Waals surface area contributed by atoms with E-state index in [0.29, 0.717) is 24.9 Å². The number of rotatable bonds is 7. The summed E-state index contributed by atoms with van der Waals surface area (Å²) in [5.74, 6) is 0.0357. The van der Waals surface area contributed by atoms with Gasteiger partial charge in [-0.25, -0.2) is 0 Å². The highest BCUT2D eigenvalue weighted by atomic mass is 16.2. The van der Waals surface area contributed by atoms with Crippen molar-refractivity contribution in [2.45, 2.75) is 32.2 Å². The number of nitrogens with one attached hydrogen (secondary N) is 1. The summed E-state index contributed by atoms with van der Waals surface area (Å²) < 4.78 is 0. The Morgan fingerprint density at radius 3 is 2.09 bits per heavy atom. The van der Waals surface area contributed by atoms with E-state index in [9.17, 15) is 9.59 Å². The molecule has 0 bridgehead atoms. The fourth-order valence-corrected chi connectivity index (χ4v) is 1.89. The van der Waals surface area contributed by atoms with E-state index < -0.39 is 0 Å². The molecule has 2 amide bonds. The average Bonchev–Trinajstić information content (AvgIpc) is 2.50. The second kappa shape index (κ2) is 8.11. The average molecular weight is 319 g/mol. The summed E-state index contributed by atoms with van der Waals surface area (Å²) >= 11 is 0. The fraction of sp³-hybridized carbons (Fsp3) is 0.556. The first kappa shape index (κ1) is 19.2. The topological polar surface area (TPSA) is 52.7 Å². The van der Waals surface area contributed by atoms with Crippen molar-refractivity contribution in [2.75, 3.05) is 34.7 Å². The Balaban J connectivity index is 2.46. The Morgan fingerprint density at radius 2 is 1.61 bits per heavy atom. The van der Waals surface area contributed by atoms with Crippen LogP contribution in [-0.4, -0.2) is 61.9 Å². The van der Waals surface area contributed by atoms with Gasteiger partial charge in [0.2, 0.25) is 5.91 Å². The lowest BCUT2D eigenvalue weighted by molar-refractivity contribution is -0.121. The maximum absolute atomic E-state index is 12.0. The van der Waals surface area contributed by atoms with Crippen molar-refractivity contribution < 1.29 is 9.59 Å². The summed E-state index contributed by atoms with van der Waals surface area (Å²) in [5, 5.41) is 2.98. The number of hydrogen-bond donors (Lipinski definition) is 1. The Kier molecular flexibility index (Phi) is 6.76. The molecule has 1 aromatic rings. The molecule has 0 saturated heterocycles. The van der Waals surface area contributed by atoms with Crippen molar-refractivity contribution in [1.82, 2.24) is 15.1 Å². The molecular formula is C18H29N3O2. The lowest BCUT2D eigenvalue weighted by Crippen LogP contribution is -2.48. The largest absolute Gasteiger partial charge is 0.354 e. The number of aryl methyl sites for hydroxylation is 1. The van der Waals surface area contributed by atoms with Crippen LogP contribution >= 0.6 is 0 Å². The Hall–Kier alpha value is -1.88. The minimum atomic E-state index is -0.0656. The van der Waals surface area contributed by atoms with Crippen LogP contribution in [0.3, 0.4) is 0 Å². The van der Waals surface area contributed by atoms with Crippen LogP contribution in [-0.2, 0) is 11.2 Å². The van der Waals surface area contributed by atoms with Crippen molar-refractivity contribution in [3.8, 4) is 0 Å². The van der Waals surface area contributed by atoms with E-state index in [1.807, 2.05) is 38.4 Å². The highest BCUT2D eigenvalue weighted by molar-refractivity contribution is 5.93. The SMILES string of the molecule is CN(C)C(=O)c1ccc(CCC(=O)NCC(C)(C)N(C)C)cc1. The lowest BCUT2D eigenvalue weighted by Gasteiger charge is -2.32. The minimum absolute atomic E-state index is 0.0137. The van der Waals surface area contributed by atoms with Gasteiger partial charge in [-0.1, -0.05) is 12.1 Å². The van der Waals surface area contributed by atoms with E-state index in [1.54, 1.807) is 19.0 Å². The summed E-state index contributed by atoms with van der Waals surface area (Å²) in [6, 6.07) is 7.44. The van der Waals surface area contributed by atoms with Gasteiger partial charge in [0.05, 0.1) is 0 Å². The molecule has 1 aromatic carbocycles. The third-order valence-corrected chi connectivity index (χ3v) is 4.18. The molecule has 0 unspecified atom stereocenters. The second-order valence-electron chi connectivity index (χ2n) is 6.88. The molecule has 0 aliphatic heterocycles. The highest BCUT2D eigenvalue weighted by Crippen LogP contribution is 2.10. The van der Waals surface area contributed by atoms with E-state index >= 15 is 0 Å². The normalized spacial score (nSPS) is 11.4. The van der Waals surface area contributed by atoms with Crippen molar-refractivity contribution >= 4 is 11.8 Å². The first-order chi connectivity index (χ1) is 10.6. The van der Waals surface area contributed by atoms with Crippen molar-refractivity contribution in [1.29, 1.82) is 0 Å². The van der Waals surface area contributed by atoms with Gasteiger partial charge < -0.3 is 15.1 Å². The molecule has 0 heterocycles. The van der Waals surface area contributed by atoms with E-state index in [1.165, 1.54) is 0 Å². The Bertz CT molecular complexity index is 534. The van der Waals surface area contributed by atoms with Gasteiger partial charge >= 0.3 is 0 Å². The lowest BCUT2D eigenvalue weighted by atomic mass is 10.0. The number of carbonyl (C=O) groups is 2. The summed E-state index contributed by atoms with van der Waals surface area (Å²) in [6.45, 7) is 4.80. The zero-order valence-electron chi connectivity index (χ0n) is 15.1. The van der Waals surface area contributed by atoms with Crippen LogP contribution < -0.4 is 5.32 Å². The Labute approximate surface area is 139 Å². The predicted octanol–water partition coefficient (Wildman–Crippen LogP) is 1.78. The standard InChI is InChI=1S/C18H29N3O2/c1-18(2,21(5)6)13-19-16(22)12-9-14-7-10-15(11-8-14)17(23)20(3)4/h7-8,10-11H,9,12-13H2,1-6H3,(H,19,22). The van der Waals surface area contributed by atoms with Gasteiger partial charge in [0.25, 0.3) is 5.91 Å². The summed E-state index contributed by atoms with van der Waals surface area (Å²) in [4.78, 5) is 27.4. The van der Waals surface area contributed by atoms with Gasteiger partial charge in [0.15, 0.2) is 0 Å². The van der Waals surface area contributed by atoms with Gasteiger partial charge in [0.1, 0.15) is 0 Å². The van der Waals surface area contributed by atoms with Gasteiger partial charge in [-0.2, -0.15) is 0 Å². The molecule has 1 N–H and O–H groups in total. The molecule has 5 nitrogen and oxygen atoms in total. The quantitative estimate of drug-likeness (QED) is 0.833. The molecule has 0 fully saturated rings. The van der Waals surface area contributed by atoms with Crippen LogP contribution in [0.1, 0.15) is 36.2 Å². The van der Waals surface area contributed by atoms with E-state index in [4.69, 9.17) is 0 Å². The van der Waals surface area contributed by atoms with Crippen LogP contribution in [0.15, 0.2) is 24.3 Å². The number of nitrogens with zero attached hydrogens (tertiary/aromatic N) is 2. The molecule has 0 radical (unpaired) electrons. The zero-order valence-corrected chi connectivity index (χ0v) is 15.1. The van der Waals surface area contributed by atoms with Crippen molar-refractivity contribution in [3.63, 3.8) is 0 Å². The summed E-state index contributed by atoms with van der Waals surface area (Å²) in [6.07, 6.45) is 1.12. The van der Waals surface area contributed by atoms with Crippen LogP contribution in [0.25, 0.3) is 0 Å². The van der Waals surface area contributed by atoms with Crippen molar-refractivity contribution in [2.24, 2.45) is 0 Å². The first-order valence-electron chi connectivity index (χ1n) is 7.88. The molecule has 128 valence electrons. The molecule has 23 heavy (non-hydrogen) atoms. The second-order valence-corrected chi connectivity index (χ2v) is 6.88. The number of likely N-dealkylation sites (N-methyl/N-ethyl adjacent to an activating group) is 1. The smallest absolute Gasteiger partial charge is 0.253 e. The molecule has 0 saturated carbocycles. The zero-order chi connectivity index (χ0) is 17.6. The van der Waals surface area contributed by atoms with Gasteiger partial charge in [-0.3, -0.25) is 9.59 Å². The van der Waals surface area contributed by atoms with Crippen molar-refractivity contribution in [3.05, 3.63) is 35.4 Å². The molecule has 0 aliphatic carbocycles. The van der Waals surface area contributed by atoms with E-state index in [-0.39, 0.29) is 17.4 Å². The number of benzene rings is 1. The van der Waals surface area contributed by atoms with E-state index in [0.717, 1.165) is 5.56 Å². The van der Waals surface area contributed by atoms with Gasteiger partial charge in [0, 0.05) is 38.2 Å². The van der Waals surface area contributed by atoms with Crippen LogP contribution in [0, 0.1) is 0 Å². The van der Waals surface area contributed by atoms with Crippen LogP contribution in [0.5, 0.6) is 0 Å². The molecule has 0 spiro atoms. The van der Waals surface area contributed by atoms with Gasteiger partial charge in [-0.15, -0.1) is 0 Å². The fourth-order valence-electron chi connectivity index (χ4n) is 1.89. The van der Waals surface area contributed by atoms with Crippen LogP contribution in [0.4, 0.5) is 0 Å². The monoisotopic (exact) mass is 319 g/mol. The number of carbonyl (C=O) groups excluding carboxylic acids is 2. The molecule has 0 aromatic heterocycles. The maximum Gasteiger partial charge on any atom is 0.253 e. The minimum Gasteiger partial charge on any atom is -0.354 e.